The molecule has 1 aliphatic carbocycles. The quantitative estimate of drug-likeness (QED) is 0.409. The van der Waals surface area contributed by atoms with E-state index in [0.717, 1.165) is 53.5 Å². The van der Waals surface area contributed by atoms with Crippen molar-refractivity contribution in [2.45, 2.75) is 37.8 Å². The first-order valence-electron chi connectivity index (χ1n) is 13.5. The maximum atomic E-state index is 13.0. The predicted octanol–water partition coefficient (Wildman–Crippen LogP) is 3.36. The number of hydrogen-bond donors (Lipinski definition) is 1. The van der Waals surface area contributed by atoms with Gasteiger partial charge in [-0.15, -0.1) is 0 Å². The van der Waals surface area contributed by atoms with Crippen LogP contribution in [0.15, 0.2) is 61.4 Å². The summed E-state index contributed by atoms with van der Waals surface area (Å²) in [4.78, 5) is 24.2. The van der Waals surface area contributed by atoms with Gasteiger partial charge in [0.25, 0.3) is 0 Å². The lowest BCUT2D eigenvalue weighted by molar-refractivity contribution is -0.145. The van der Waals surface area contributed by atoms with E-state index in [2.05, 4.69) is 38.5 Å². The van der Waals surface area contributed by atoms with Gasteiger partial charge in [-0.1, -0.05) is 18.2 Å². The molecule has 1 saturated heterocycles. The van der Waals surface area contributed by atoms with E-state index in [9.17, 15) is 9.90 Å². The summed E-state index contributed by atoms with van der Waals surface area (Å²) in [7, 11) is 1.91. The summed E-state index contributed by atoms with van der Waals surface area (Å²) in [6.07, 6.45) is 14.7. The normalized spacial score (nSPS) is 21.7. The van der Waals surface area contributed by atoms with Crippen LogP contribution in [-0.4, -0.2) is 77.8 Å². The Kier molecular flexibility index (Phi) is 7.21. The van der Waals surface area contributed by atoms with Crippen molar-refractivity contribution >= 4 is 5.91 Å². The number of carbonyl (C=O) groups excluding carboxylic acids is 1. The first-order valence-corrected chi connectivity index (χ1v) is 13.5. The smallest absolute Gasteiger partial charge is 0.225 e. The van der Waals surface area contributed by atoms with Crippen LogP contribution >= 0.6 is 0 Å². The molecule has 4 heterocycles. The highest BCUT2D eigenvalue weighted by Gasteiger charge is 2.32. The van der Waals surface area contributed by atoms with Crippen LogP contribution in [0.25, 0.3) is 33.6 Å². The lowest BCUT2D eigenvalue weighted by Crippen LogP contribution is -2.49. The molecule has 2 aliphatic rings. The van der Waals surface area contributed by atoms with E-state index in [-0.39, 0.29) is 30.6 Å². The Morgan fingerprint density at radius 3 is 2.44 bits per heavy atom. The molecule has 1 N–H and O–H groups in total. The highest BCUT2D eigenvalue weighted by atomic mass is 16.5. The Bertz CT molecular complexity index is 1420. The number of aliphatic hydroxyl groups excluding tert-OH is 1. The van der Waals surface area contributed by atoms with E-state index >= 15 is 0 Å². The standard InChI is InChI=1S/C29H33N7O3/c1-34-16-24(14-32-34)21-3-2-4-22(11-21)28-30-12-23(13-31-28)25-15-33-36(17-25)26-7-5-20(6-8-26)29(38)35-9-10-39-27(18-35)19-37/h2-4,11-17,20,26-27,37H,5-10,18-19H2,1H3/t20?,26?,27-/m0/s1. The molecular weight excluding hydrogens is 494 g/mol. The highest BCUT2D eigenvalue weighted by Crippen LogP contribution is 2.34. The molecule has 1 aliphatic heterocycles. The van der Waals surface area contributed by atoms with Crippen molar-refractivity contribution in [1.82, 2.24) is 34.4 Å². The molecule has 0 unspecified atom stereocenters. The van der Waals surface area contributed by atoms with E-state index in [4.69, 9.17) is 4.74 Å². The molecule has 1 aromatic carbocycles. The Hall–Kier alpha value is -3.89. The molecule has 202 valence electrons. The Labute approximate surface area is 227 Å². The molecule has 0 spiro atoms. The summed E-state index contributed by atoms with van der Waals surface area (Å²) < 4.78 is 9.31. The Morgan fingerprint density at radius 1 is 0.949 bits per heavy atom. The van der Waals surface area contributed by atoms with Crippen LogP contribution in [0.3, 0.4) is 0 Å². The molecule has 1 atom stereocenters. The third-order valence-corrected chi connectivity index (χ3v) is 7.82. The van der Waals surface area contributed by atoms with E-state index in [0.29, 0.717) is 25.5 Å². The average Bonchev–Trinajstić information content (AvgIpc) is 3.67. The summed E-state index contributed by atoms with van der Waals surface area (Å²) in [5.41, 5.74) is 4.98. The molecule has 0 radical (unpaired) electrons. The van der Waals surface area contributed by atoms with E-state index in [1.54, 1.807) is 4.68 Å². The summed E-state index contributed by atoms with van der Waals surface area (Å²) in [5.74, 6) is 0.899. The topological polar surface area (TPSA) is 111 Å². The van der Waals surface area contributed by atoms with Gasteiger partial charge in [0.2, 0.25) is 5.91 Å². The van der Waals surface area contributed by atoms with Gasteiger partial charge in [0.1, 0.15) is 0 Å². The zero-order valence-electron chi connectivity index (χ0n) is 22.1. The first-order chi connectivity index (χ1) is 19.1. The van der Waals surface area contributed by atoms with Crippen molar-refractivity contribution in [3.05, 3.63) is 61.4 Å². The number of carbonyl (C=O) groups is 1. The van der Waals surface area contributed by atoms with Crippen LogP contribution in [0.2, 0.25) is 0 Å². The number of rotatable bonds is 6. The van der Waals surface area contributed by atoms with Crippen molar-refractivity contribution in [1.29, 1.82) is 0 Å². The second kappa shape index (κ2) is 11.1. The number of hydrogen-bond acceptors (Lipinski definition) is 7. The maximum Gasteiger partial charge on any atom is 0.225 e. The van der Waals surface area contributed by atoms with Gasteiger partial charge >= 0.3 is 0 Å². The van der Waals surface area contributed by atoms with Gasteiger partial charge in [-0.25, -0.2) is 9.97 Å². The lowest BCUT2D eigenvalue weighted by Gasteiger charge is -2.36. The number of aliphatic hydroxyl groups is 1. The minimum atomic E-state index is -0.267. The largest absolute Gasteiger partial charge is 0.394 e. The van der Waals surface area contributed by atoms with Crippen molar-refractivity contribution in [2.24, 2.45) is 13.0 Å². The van der Waals surface area contributed by atoms with Crippen LogP contribution < -0.4 is 0 Å². The zero-order chi connectivity index (χ0) is 26.8. The van der Waals surface area contributed by atoms with Crippen LogP contribution in [-0.2, 0) is 16.6 Å². The molecule has 10 heteroatoms. The van der Waals surface area contributed by atoms with Crippen molar-refractivity contribution in [3.63, 3.8) is 0 Å². The number of ether oxygens (including phenoxy) is 1. The second-order valence-electron chi connectivity index (χ2n) is 10.5. The number of nitrogens with zero attached hydrogens (tertiary/aromatic N) is 7. The molecule has 3 aromatic heterocycles. The van der Waals surface area contributed by atoms with Gasteiger partial charge in [0.05, 0.1) is 37.8 Å². The van der Waals surface area contributed by atoms with Crippen molar-refractivity contribution in [3.8, 4) is 33.6 Å². The van der Waals surface area contributed by atoms with Gasteiger partial charge in [-0.05, 0) is 37.3 Å². The third-order valence-electron chi connectivity index (χ3n) is 7.82. The van der Waals surface area contributed by atoms with E-state index in [1.165, 1.54) is 0 Å². The Morgan fingerprint density at radius 2 is 1.69 bits per heavy atom. The van der Waals surface area contributed by atoms with E-state index in [1.807, 2.05) is 59.7 Å². The second-order valence-corrected chi connectivity index (χ2v) is 10.5. The molecule has 10 nitrogen and oxygen atoms in total. The molecule has 39 heavy (non-hydrogen) atoms. The lowest BCUT2D eigenvalue weighted by atomic mass is 9.85. The molecule has 6 rings (SSSR count). The summed E-state index contributed by atoms with van der Waals surface area (Å²) in [6.45, 7) is 1.53. The van der Waals surface area contributed by atoms with Gasteiger partial charge in [0, 0.05) is 73.1 Å². The first kappa shape index (κ1) is 25.4. The molecule has 4 aromatic rings. The number of aryl methyl sites for hydroxylation is 1. The SMILES string of the molecule is Cn1cc(-c2cccc(-c3ncc(-c4cnn(C5CCC(C(=O)N6CCO[C@H](CO)C6)CC5)c4)cn3)c2)cn1. The van der Waals surface area contributed by atoms with Crippen molar-refractivity contribution < 1.29 is 14.6 Å². The molecule has 2 fully saturated rings. The molecule has 0 bridgehead atoms. The fourth-order valence-electron chi connectivity index (χ4n) is 5.60. The number of benzene rings is 1. The van der Waals surface area contributed by atoms with Crippen LogP contribution in [0.1, 0.15) is 31.7 Å². The molecular formula is C29H33N7O3. The summed E-state index contributed by atoms with van der Waals surface area (Å²) in [6, 6.07) is 8.43. The average molecular weight is 528 g/mol. The van der Waals surface area contributed by atoms with Gasteiger partial charge < -0.3 is 14.7 Å². The fraction of sp³-hybridized carbons (Fsp3) is 0.414. The highest BCUT2D eigenvalue weighted by molar-refractivity contribution is 5.79. The monoisotopic (exact) mass is 527 g/mol. The minimum absolute atomic E-state index is 0.0336. The van der Waals surface area contributed by atoms with Gasteiger partial charge in [-0.2, -0.15) is 10.2 Å². The zero-order valence-corrected chi connectivity index (χ0v) is 22.1. The number of morpholine rings is 1. The summed E-state index contributed by atoms with van der Waals surface area (Å²) in [5, 5.41) is 18.3. The van der Waals surface area contributed by atoms with Gasteiger partial charge in [0.15, 0.2) is 5.82 Å². The maximum absolute atomic E-state index is 13.0. The Balaban J connectivity index is 1.08. The van der Waals surface area contributed by atoms with E-state index < -0.39 is 0 Å². The fourth-order valence-corrected chi connectivity index (χ4v) is 5.60. The summed E-state index contributed by atoms with van der Waals surface area (Å²) >= 11 is 0. The molecule has 1 saturated carbocycles. The number of aromatic nitrogens is 6. The van der Waals surface area contributed by atoms with Crippen LogP contribution in [0, 0.1) is 5.92 Å². The van der Waals surface area contributed by atoms with Crippen LogP contribution in [0.4, 0.5) is 0 Å². The van der Waals surface area contributed by atoms with Crippen molar-refractivity contribution in [2.75, 3.05) is 26.3 Å². The third kappa shape index (κ3) is 5.48. The minimum Gasteiger partial charge on any atom is -0.394 e. The van der Waals surface area contributed by atoms with Gasteiger partial charge in [-0.3, -0.25) is 14.2 Å². The van der Waals surface area contributed by atoms with Crippen LogP contribution in [0.5, 0.6) is 0 Å². The number of amides is 1. The molecule has 1 amide bonds. The predicted molar refractivity (Wildman–Crippen MR) is 145 cm³/mol.